The number of ether oxygens (including phenoxy) is 1. The van der Waals surface area contributed by atoms with Crippen LogP contribution in [0.1, 0.15) is 19.8 Å². The average Bonchev–Trinajstić information content (AvgIpc) is 2.21. The fourth-order valence-electron chi connectivity index (χ4n) is 1.19. The van der Waals surface area contributed by atoms with Gasteiger partial charge in [-0.2, -0.15) is 0 Å². The van der Waals surface area contributed by atoms with Gasteiger partial charge in [-0.15, -0.1) is 0 Å². The fraction of sp³-hybridized carbons (Fsp3) is 0.364. The van der Waals surface area contributed by atoms with E-state index in [-0.39, 0.29) is 11.7 Å². The van der Waals surface area contributed by atoms with E-state index in [1.54, 1.807) is 0 Å². The first-order valence-electron chi connectivity index (χ1n) is 4.80. The minimum absolute atomic E-state index is 0.0776. The minimum atomic E-state index is -0.439. The standard InChI is InChI=1S/C11H14FNO2/c1-3-4-11(14)13-8-5-6-9(12)10(7-8)15-2/h5-7H,3-4H2,1-2H3,(H,13,14). The second-order valence-corrected chi connectivity index (χ2v) is 3.15. The van der Waals surface area contributed by atoms with Gasteiger partial charge in [0.1, 0.15) is 0 Å². The zero-order chi connectivity index (χ0) is 11.3. The molecule has 0 saturated carbocycles. The quantitative estimate of drug-likeness (QED) is 0.831. The molecule has 15 heavy (non-hydrogen) atoms. The van der Waals surface area contributed by atoms with E-state index in [2.05, 4.69) is 5.32 Å². The molecule has 82 valence electrons. The SMILES string of the molecule is CCCC(=O)Nc1ccc(F)c(OC)c1. The van der Waals surface area contributed by atoms with Crippen LogP contribution in [0.4, 0.5) is 10.1 Å². The van der Waals surface area contributed by atoms with Crippen LogP contribution in [0.5, 0.6) is 5.75 Å². The van der Waals surface area contributed by atoms with Gasteiger partial charge in [0.15, 0.2) is 11.6 Å². The number of rotatable bonds is 4. The second-order valence-electron chi connectivity index (χ2n) is 3.15. The number of halogens is 1. The molecule has 0 aliphatic heterocycles. The van der Waals surface area contributed by atoms with Crippen LogP contribution < -0.4 is 10.1 Å². The minimum Gasteiger partial charge on any atom is -0.494 e. The zero-order valence-corrected chi connectivity index (χ0v) is 8.84. The topological polar surface area (TPSA) is 38.3 Å². The molecule has 1 aromatic rings. The third-order valence-electron chi connectivity index (χ3n) is 1.91. The van der Waals surface area contributed by atoms with Gasteiger partial charge in [-0.25, -0.2) is 4.39 Å². The van der Waals surface area contributed by atoms with Gasteiger partial charge in [0.05, 0.1) is 7.11 Å². The number of anilines is 1. The Morgan fingerprint density at radius 2 is 2.27 bits per heavy atom. The molecule has 0 aromatic heterocycles. The maximum atomic E-state index is 13.0. The highest BCUT2D eigenvalue weighted by atomic mass is 19.1. The van der Waals surface area contributed by atoms with Gasteiger partial charge in [0.25, 0.3) is 0 Å². The van der Waals surface area contributed by atoms with Crippen LogP contribution in [0.25, 0.3) is 0 Å². The Balaban J connectivity index is 2.74. The van der Waals surface area contributed by atoms with Gasteiger partial charge in [0, 0.05) is 18.2 Å². The summed E-state index contributed by atoms with van der Waals surface area (Å²) in [5.41, 5.74) is 0.548. The molecule has 0 unspecified atom stereocenters. The number of hydrogen-bond acceptors (Lipinski definition) is 2. The molecule has 0 aliphatic carbocycles. The normalized spacial score (nSPS) is 9.80. The highest BCUT2D eigenvalue weighted by Gasteiger charge is 2.05. The Morgan fingerprint density at radius 1 is 1.53 bits per heavy atom. The molecular formula is C11H14FNO2. The second kappa shape index (κ2) is 5.34. The first-order valence-corrected chi connectivity index (χ1v) is 4.80. The van der Waals surface area contributed by atoms with Crippen LogP contribution in [0.15, 0.2) is 18.2 Å². The van der Waals surface area contributed by atoms with Gasteiger partial charge in [0.2, 0.25) is 5.91 Å². The zero-order valence-electron chi connectivity index (χ0n) is 8.84. The van der Waals surface area contributed by atoms with Crippen molar-refractivity contribution in [1.29, 1.82) is 0 Å². The van der Waals surface area contributed by atoms with E-state index in [0.29, 0.717) is 12.1 Å². The molecule has 0 bridgehead atoms. The number of benzene rings is 1. The van der Waals surface area contributed by atoms with Gasteiger partial charge in [-0.3, -0.25) is 4.79 Å². The van der Waals surface area contributed by atoms with Gasteiger partial charge >= 0.3 is 0 Å². The lowest BCUT2D eigenvalue weighted by atomic mass is 10.2. The van der Waals surface area contributed by atoms with Crippen LogP contribution in [0, 0.1) is 5.82 Å². The van der Waals surface area contributed by atoms with Crippen LogP contribution in [0.3, 0.4) is 0 Å². The molecule has 1 N–H and O–H groups in total. The summed E-state index contributed by atoms with van der Waals surface area (Å²) in [4.78, 5) is 11.3. The molecule has 0 aliphatic rings. The summed E-state index contributed by atoms with van der Waals surface area (Å²) in [6.07, 6.45) is 1.24. The van der Waals surface area contributed by atoms with E-state index in [9.17, 15) is 9.18 Å². The number of methoxy groups -OCH3 is 1. The van der Waals surface area contributed by atoms with E-state index in [4.69, 9.17) is 4.74 Å². The summed E-state index contributed by atoms with van der Waals surface area (Å²) in [6, 6.07) is 4.23. The Hall–Kier alpha value is -1.58. The molecular weight excluding hydrogens is 197 g/mol. The average molecular weight is 211 g/mol. The molecule has 0 saturated heterocycles. The molecule has 1 rings (SSSR count). The highest BCUT2D eigenvalue weighted by Crippen LogP contribution is 2.21. The molecule has 1 amide bonds. The van der Waals surface area contributed by atoms with Crippen LogP contribution in [0.2, 0.25) is 0 Å². The van der Waals surface area contributed by atoms with E-state index < -0.39 is 5.82 Å². The van der Waals surface area contributed by atoms with Crippen molar-refractivity contribution in [3.8, 4) is 5.75 Å². The summed E-state index contributed by atoms with van der Waals surface area (Å²) < 4.78 is 17.8. The molecule has 1 aromatic carbocycles. The van der Waals surface area contributed by atoms with Gasteiger partial charge in [-0.05, 0) is 18.6 Å². The van der Waals surface area contributed by atoms with Crippen molar-refractivity contribution >= 4 is 11.6 Å². The first kappa shape index (κ1) is 11.5. The number of carbonyl (C=O) groups excluding carboxylic acids is 1. The first-order chi connectivity index (χ1) is 7.17. The summed E-state index contributed by atoms with van der Waals surface area (Å²) in [5.74, 6) is -0.388. The number of nitrogens with one attached hydrogen (secondary N) is 1. The van der Waals surface area contributed by atoms with Crippen molar-refractivity contribution < 1.29 is 13.9 Å². The lowest BCUT2D eigenvalue weighted by Gasteiger charge is -2.07. The number of hydrogen-bond donors (Lipinski definition) is 1. The third kappa shape index (κ3) is 3.23. The molecule has 0 fully saturated rings. The Bertz CT molecular complexity index is 352. The maximum absolute atomic E-state index is 13.0. The molecule has 0 atom stereocenters. The molecule has 0 radical (unpaired) electrons. The van der Waals surface area contributed by atoms with Crippen molar-refractivity contribution in [2.24, 2.45) is 0 Å². The maximum Gasteiger partial charge on any atom is 0.224 e. The summed E-state index contributed by atoms with van der Waals surface area (Å²) in [6.45, 7) is 1.92. The van der Waals surface area contributed by atoms with Crippen molar-refractivity contribution in [1.82, 2.24) is 0 Å². The van der Waals surface area contributed by atoms with Crippen molar-refractivity contribution in [3.63, 3.8) is 0 Å². The van der Waals surface area contributed by atoms with E-state index >= 15 is 0 Å². The van der Waals surface area contributed by atoms with Crippen molar-refractivity contribution in [3.05, 3.63) is 24.0 Å². The van der Waals surface area contributed by atoms with Crippen molar-refractivity contribution in [2.45, 2.75) is 19.8 Å². The van der Waals surface area contributed by atoms with Gasteiger partial charge in [-0.1, -0.05) is 6.92 Å². The Morgan fingerprint density at radius 3 is 2.87 bits per heavy atom. The lowest BCUT2D eigenvalue weighted by molar-refractivity contribution is -0.116. The summed E-state index contributed by atoms with van der Waals surface area (Å²) in [7, 11) is 1.38. The van der Waals surface area contributed by atoms with E-state index in [1.165, 1.54) is 25.3 Å². The molecule has 4 heteroatoms. The Kier molecular flexibility index (Phi) is 4.09. The predicted molar refractivity (Wildman–Crippen MR) is 56.5 cm³/mol. The van der Waals surface area contributed by atoms with Crippen LogP contribution in [-0.4, -0.2) is 13.0 Å². The van der Waals surface area contributed by atoms with Gasteiger partial charge < -0.3 is 10.1 Å². The molecule has 0 spiro atoms. The monoisotopic (exact) mass is 211 g/mol. The number of amides is 1. The smallest absolute Gasteiger partial charge is 0.224 e. The predicted octanol–water partition coefficient (Wildman–Crippen LogP) is 2.57. The summed E-state index contributed by atoms with van der Waals surface area (Å²) in [5, 5.41) is 2.66. The van der Waals surface area contributed by atoms with Crippen LogP contribution >= 0.6 is 0 Å². The number of carbonyl (C=O) groups is 1. The fourth-order valence-corrected chi connectivity index (χ4v) is 1.19. The Labute approximate surface area is 88.2 Å². The van der Waals surface area contributed by atoms with Crippen LogP contribution in [-0.2, 0) is 4.79 Å². The van der Waals surface area contributed by atoms with Crippen molar-refractivity contribution in [2.75, 3.05) is 12.4 Å². The lowest BCUT2D eigenvalue weighted by Crippen LogP contribution is -2.10. The summed E-state index contributed by atoms with van der Waals surface area (Å²) >= 11 is 0. The molecule has 0 heterocycles. The molecule has 3 nitrogen and oxygen atoms in total. The highest BCUT2D eigenvalue weighted by molar-refractivity contribution is 5.90. The van der Waals surface area contributed by atoms with E-state index in [1.807, 2.05) is 6.92 Å². The third-order valence-corrected chi connectivity index (χ3v) is 1.91. The van der Waals surface area contributed by atoms with E-state index in [0.717, 1.165) is 6.42 Å². The largest absolute Gasteiger partial charge is 0.494 e.